The summed E-state index contributed by atoms with van der Waals surface area (Å²) in [6.45, 7) is 0.534. The number of benzene rings is 1. The maximum Gasteiger partial charge on any atom is 0.262 e. The van der Waals surface area contributed by atoms with E-state index >= 15 is 0 Å². The highest BCUT2D eigenvalue weighted by atomic mass is 32.2. The van der Waals surface area contributed by atoms with Crippen molar-refractivity contribution in [3.05, 3.63) is 72.6 Å². The van der Waals surface area contributed by atoms with E-state index in [-0.39, 0.29) is 23.5 Å². The molecule has 3 aromatic rings. The van der Waals surface area contributed by atoms with E-state index in [9.17, 15) is 12.8 Å². The summed E-state index contributed by atoms with van der Waals surface area (Å²) in [7, 11) is -2.00. The van der Waals surface area contributed by atoms with Crippen molar-refractivity contribution in [2.75, 3.05) is 18.4 Å². The summed E-state index contributed by atoms with van der Waals surface area (Å²) >= 11 is 0. The lowest BCUT2D eigenvalue weighted by Gasteiger charge is -2.20. The molecule has 1 fully saturated rings. The lowest BCUT2D eigenvalue weighted by Crippen LogP contribution is -2.32. The lowest BCUT2D eigenvalue weighted by molar-refractivity contribution is 0.468. The first kappa shape index (κ1) is 18.6. The van der Waals surface area contributed by atoms with Crippen LogP contribution in [-0.2, 0) is 17.1 Å². The summed E-state index contributed by atoms with van der Waals surface area (Å²) < 4.78 is 42.6. The van der Waals surface area contributed by atoms with Gasteiger partial charge in [-0.05, 0) is 11.6 Å². The second-order valence-corrected chi connectivity index (χ2v) is 8.71. The summed E-state index contributed by atoms with van der Waals surface area (Å²) in [6.07, 6.45) is 4.33. The summed E-state index contributed by atoms with van der Waals surface area (Å²) in [5.41, 5.74) is 1.01. The van der Waals surface area contributed by atoms with Gasteiger partial charge in [-0.3, -0.25) is 0 Å². The van der Waals surface area contributed by atoms with Crippen molar-refractivity contribution in [2.45, 2.75) is 17.0 Å². The Kier molecular flexibility index (Phi) is 4.86. The van der Waals surface area contributed by atoms with Gasteiger partial charge in [0.1, 0.15) is 11.6 Å². The van der Waals surface area contributed by atoms with Crippen LogP contribution in [0.15, 0.2) is 66.2 Å². The molecule has 28 heavy (non-hydrogen) atoms. The molecular formula is C19H20FN5O2S. The first-order chi connectivity index (χ1) is 13.4. The summed E-state index contributed by atoms with van der Waals surface area (Å²) in [5, 5.41) is 3.23. The lowest BCUT2D eigenvalue weighted by atomic mass is 9.94. The molecule has 1 aliphatic rings. The molecule has 0 aliphatic carbocycles. The Morgan fingerprint density at radius 1 is 1.14 bits per heavy atom. The molecule has 0 unspecified atom stereocenters. The van der Waals surface area contributed by atoms with Crippen molar-refractivity contribution in [2.24, 2.45) is 7.05 Å². The Bertz CT molecular complexity index is 1070. The fourth-order valence-electron chi connectivity index (χ4n) is 3.48. The number of aromatic nitrogens is 3. The van der Waals surface area contributed by atoms with Crippen molar-refractivity contribution in [3.63, 3.8) is 0 Å². The largest absolute Gasteiger partial charge is 0.365 e. The molecule has 3 heterocycles. The van der Waals surface area contributed by atoms with E-state index in [1.165, 1.54) is 35.2 Å². The SMILES string of the molecule is Cn1cnc(S(=O)(=O)N2C[C@H](Nc3cc(F)ccn3)[C@@H](c3ccccc3)C2)c1. The molecule has 4 rings (SSSR count). The smallest absolute Gasteiger partial charge is 0.262 e. The van der Waals surface area contributed by atoms with Gasteiger partial charge in [-0.2, -0.15) is 4.31 Å². The third-order valence-electron chi connectivity index (χ3n) is 4.85. The van der Waals surface area contributed by atoms with Gasteiger partial charge < -0.3 is 9.88 Å². The van der Waals surface area contributed by atoms with Gasteiger partial charge in [0.25, 0.3) is 10.0 Å². The minimum Gasteiger partial charge on any atom is -0.365 e. The highest BCUT2D eigenvalue weighted by Crippen LogP contribution is 2.32. The second kappa shape index (κ2) is 7.33. The van der Waals surface area contributed by atoms with Gasteiger partial charge in [0.05, 0.1) is 6.33 Å². The van der Waals surface area contributed by atoms with Crippen molar-refractivity contribution >= 4 is 15.8 Å². The zero-order valence-electron chi connectivity index (χ0n) is 15.2. The summed E-state index contributed by atoms with van der Waals surface area (Å²) in [6, 6.07) is 12.0. The number of nitrogens with one attached hydrogen (secondary N) is 1. The molecule has 0 bridgehead atoms. The molecule has 1 N–H and O–H groups in total. The Balaban J connectivity index is 1.65. The predicted octanol–water partition coefficient (Wildman–Crippen LogP) is 2.22. The van der Waals surface area contributed by atoms with E-state index < -0.39 is 15.8 Å². The van der Waals surface area contributed by atoms with Gasteiger partial charge in [-0.1, -0.05) is 30.3 Å². The topological polar surface area (TPSA) is 80.1 Å². The molecule has 9 heteroatoms. The molecule has 7 nitrogen and oxygen atoms in total. The van der Waals surface area contributed by atoms with Crippen LogP contribution in [0.5, 0.6) is 0 Å². The number of imidazole rings is 1. The van der Waals surface area contributed by atoms with Crippen LogP contribution in [0.4, 0.5) is 10.2 Å². The highest BCUT2D eigenvalue weighted by molar-refractivity contribution is 7.89. The summed E-state index contributed by atoms with van der Waals surface area (Å²) in [4.78, 5) is 8.15. The Morgan fingerprint density at radius 3 is 2.61 bits per heavy atom. The van der Waals surface area contributed by atoms with Crippen molar-refractivity contribution < 1.29 is 12.8 Å². The average molecular weight is 401 g/mol. The molecule has 2 atom stereocenters. The summed E-state index contributed by atoms with van der Waals surface area (Å²) in [5.74, 6) is -0.127. The maximum absolute atomic E-state index is 13.6. The second-order valence-electron chi connectivity index (χ2n) is 6.83. The number of halogens is 1. The Labute approximate surface area is 162 Å². The predicted molar refractivity (Wildman–Crippen MR) is 103 cm³/mol. The molecular weight excluding hydrogens is 381 g/mol. The van der Waals surface area contributed by atoms with Gasteiger partial charge in [0, 0.05) is 50.6 Å². The number of nitrogens with zero attached hydrogens (tertiary/aromatic N) is 4. The molecule has 1 saturated heterocycles. The van der Waals surface area contributed by atoms with E-state index in [2.05, 4.69) is 15.3 Å². The van der Waals surface area contributed by atoms with E-state index in [1.54, 1.807) is 11.6 Å². The van der Waals surface area contributed by atoms with Crippen LogP contribution in [0.2, 0.25) is 0 Å². The number of aryl methyl sites for hydroxylation is 1. The third-order valence-corrected chi connectivity index (χ3v) is 6.57. The standard InChI is InChI=1S/C19H20FN5O2S/c1-24-12-19(22-13-24)28(26,27)25-10-16(14-5-3-2-4-6-14)17(11-25)23-18-9-15(20)7-8-21-18/h2-9,12-13,16-17H,10-11H2,1H3,(H,21,23)/t16-,17+/m1/s1. The molecule has 0 radical (unpaired) electrons. The van der Waals surface area contributed by atoms with Crippen molar-refractivity contribution in [1.29, 1.82) is 0 Å². The normalized spacial score (nSPS) is 20.4. The minimum absolute atomic E-state index is 0.0198. The van der Waals surface area contributed by atoms with Crippen LogP contribution in [0, 0.1) is 5.82 Å². The van der Waals surface area contributed by atoms with Crippen LogP contribution in [0.3, 0.4) is 0 Å². The number of sulfonamides is 1. The highest BCUT2D eigenvalue weighted by Gasteiger charge is 2.41. The molecule has 0 amide bonds. The zero-order valence-corrected chi connectivity index (χ0v) is 16.1. The average Bonchev–Trinajstić information content (AvgIpc) is 3.30. The first-order valence-electron chi connectivity index (χ1n) is 8.84. The molecule has 146 valence electrons. The third kappa shape index (κ3) is 3.63. The monoisotopic (exact) mass is 401 g/mol. The van der Waals surface area contributed by atoms with Crippen LogP contribution in [0.1, 0.15) is 11.5 Å². The van der Waals surface area contributed by atoms with Crippen LogP contribution in [-0.4, -0.2) is 46.4 Å². The fraction of sp³-hybridized carbons (Fsp3) is 0.263. The molecule has 0 spiro atoms. The number of hydrogen-bond acceptors (Lipinski definition) is 5. The minimum atomic E-state index is -3.73. The quantitative estimate of drug-likeness (QED) is 0.709. The Morgan fingerprint density at radius 2 is 1.93 bits per heavy atom. The number of pyridine rings is 1. The maximum atomic E-state index is 13.6. The number of hydrogen-bond donors (Lipinski definition) is 1. The van der Waals surface area contributed by atoms with Gasteiger partial charge in [-0.15, -0.1) is 0 Å². The van der Waals surface area contributed by atoms with Crippen molar-refractivity contribution in [1.82, 2.24) is 18.8 Å². The first-order valence-corrected chi connectivity index (χ1v) is 10.3. The molecule has 1 aromatic carbocycles. The zero-order chi connectivity index (χ0) is 19.7. The van der Waals surface area contributed by atoms with Crippen LogP contribution < -0.4 is 5.32 Å². The van der Waals surface area contributed by atoms with E-state index in [0.717, 1.165) is 5.56 Å². The van der Waals surface area contributed by atoms with E-state index in [4.69, 9.17) is 0 Å². The number of rotatable bonds is 5. The molecule has 1 aliphatic heterocycles. The number of anilines is 1. The van der Waals surface area contributed by atoms with Crippen LogP contribution in [0.25, 0.3) is 0 Å². The van der Waals surface area contributed by atoms with E-state index in [0.29, 0.717) is 12.4 Å². The molecule has 2 aromatic heterocycles. The van der Waals surface area contributed by atoms with Gasteiger partial charge in [0.2, 0.25) is 0 Å². The molecule has 0 saturated carbocycles. The van der Waals surface area contributed by atoms with Crippen LogP contribution >= 0.6 is 0 Å². The van der Waals surface area contributed by atoms with Crippen molar-refractivity contribution in [3.8, 4) is 0 Å². The van der Waals surface area contributed by atoms with E-state index in [1.807, 2.05) is 30.3 Å². The fourth-order valence-corrected chi connectivity index (χ4v) is 4.93. The Hall–Kier alpha value is -2.78. The van der Waals surface area contributed by atoms with Gasteiger partial charge in [0.15, 0.2) is 5.03 Å². The van der Waals surface area contributed by atoms with Gasteiger partial charge in [-0.25, -0.2) is 22.8 Å². The van der Waals surface area contributed by atoms with Gasteiger partial charge >= 0.3 is 0 Å².